The second-order valence-corrected chi connectivity index (χ2v) is 6.89. The molecule has 1 heterocycles. The molecule has 2 fully saturated rings. The van der Waals surface area contributed by atoms with Gasteiger partial charge in [0.05, 0.1) is 12.0 Å². The summed E-state index contributed by atoms with van der Waals surface area (Å²) in [5.41, 5.74) is 0.389. The highest BCUT2D eigenvalue weighted by Gasteiger charge is 2.47. The molecule has 2 N–H and O–H groups in total. The number of ether oxygens (including phenoxy) is 1. The van der Waals surface area contributed by atoms with Gasteiger partial charge in [0.1, 0.15) is 0 Å². The zero-order valence-electron chi connectivity index (χ0n) is 12.8. The fraction of sp³-hybridized carbons (Fsp3) is 0.529. The number of rotatable bonds is 5. The van der Waals surface area contributed by atoms with Crippen molar-refractivity contribution in [3.05, 3.63) is 34.9 Å². The van der Waals surface area contributed by atoms with E-state index in [1.54, 1.807) is 0 Å². The SMILES string of the molecule is O=C(O)CC1(NC(=O)C2CC2c2cccc(Cl)c2)CCOCC1. The van der Waals surface area contributed by atoms with Crippen molar-refractivity contribution in [1.29, 1.82) is 0 Å². The van der Waals surface area contributed by atoms with Crippen molar-refractivity contribution in [1.82, 2.24) is 5.32 Å². The van der Waals surface area contributed by atoms with E-state index in [-0.39, 0.29) is 24.2 Å². The number of carbonyl (C=O) groups excluding carboxylic acids is 1. The lowest BCUT2D eigenvalue weighted by Gasteiger charge is -2.37. The molecule has 0 radical (unpaired) electrons. The first kappa shape index (κ1) is 16.3. The fourth-order valence-electron chi connectivity index (χ4n) is 3.34. The van der Waals surface area contributed by atoms with Gasteiger partial charge >= 0.3 is 5.97 Å². The zero-order valence-corrected chi connectivity index (χ0v) is 13.5. The van der Waals surface area contributed by atoms with Crippen LogP contribution in [0.25, 0.3) is 0 Å². The van der Waals surface area contributed by atoms with Gasteiger partial charge in [0.2, 0.25) is 5.91 Å². The smallest absolute Gasteiger partial charge is 0.305 e. The number of carboxylic acids is 1. The van der Waals surface area contributed by atoms with E-state index in [0.29, 0.717) is 31.1 Å². The van der Waals surface area contributed by atoms with Crippen LogP contribution < -0.4 is 5.32 Å². The van der Waals surface area contributed by atoms with Crippen LogP contribution in [0.15, 0.2) is 24.3 Å². The number of halogens is 1. The molecule has 1 saturated carbocycles. The third-order valence-electron chi connectivity index (χ3n) is 4.73. The van der Waals surface area contributed by atoms with E-state index in [1.807, 2.05) is 24.3 Å². The molecule has 1 aromatic rings. The van der Waals surface area contributed by atoms with Crippen LogP contribution in [0.5, 0.6) is 0 Å². The predicted octanol–water partition coefficient (Wildman–Crippen LogP) is 2.58. The van der Waals surface area contributed by atoms with Crippen LogP contribution >= 0.6 is 11.6 Å². The first-order chi connectivity index (χ1) is 11.0. The first-order valence-corrected chi connectivity index (χ1v) is 8.24. The van der Waals surface area contributed by atoms with Crippen LogP contribution in [0, 0.1) is 5.92 Å². The molecular formula is C17H20ClNO4. The molecule has 1 aliphatic heterocycles. The normalized spacial score (nSPS) is 25.6. The van der Waals surface area contributed by atoms with Crippen LogP contribution in [-0.2, 0) is 14.3 Å². The number of benzene rings is 1. The number of carbonyl (C=O) groups is 2. The van der Waals surface area contributed by atoms with Crippen molar-refractivity contribution in [2.75, 3.05) is 13.2 Å². The topological polar surface area (TPSA) is 75.6 Å². The summed E-state index contributed by atoms with van der Waals surface area (Å²) in [6, 6.07) is 7.56. The number of hydrogen-bond donors (Lipinski definition) is 2. The molecule has 23 heavy (non-hydrogen) atoms. The summed E-state index contributed by atoms with van der Waals surface area (Å²) in [7, 11) is 0. The summed E-state index contributed by atoms with van der Waals surface area (Å²) < 4.78 is 5.31. The molecule has 6 heteroatoms. The largest absolute Gasteiger partial charge is 0.481 e. The lowest BCUT2D eigenvalue weighted by molar-refractivity contribution is -0.140. The average molecular weight is 338 g/mol. The monoisotopic (exact) mass is 337 g/mol. The third kappa shape index (κ3) is 3.85. The Hall–Kier alpha value is -1.59. The Balaban J connectivity index is 1.65. The highest BCUT2D eigenvalue weighted by Crippen LogP contribution is 2.48. The zero-order chi connectivity index (χ0) is 16.4. The number of amides is 1. The van der Waals surface area contributed by atoms with Gasteiger partial charge in [0.25, 0.3) is 0 Å². The molecule has 2 aliphatic rings. The van der Waals surface area contributed by atoms with Gasteiger partial charge in [-0.1, -0.05) is 23.7 Å². The van der Waals surface area contributed by atoms with Crippen molar-refractivity contribution in [2.45, 2.75) is 37.1 Å². The Morgan fingerprint density at radius 1 is 1.35 bits per heavy atom. The Morgan fingerprint density at radius 2 is 2.09 bits per heavy atom. The van der Waals surface area contributed by atoms with Crippen LogP contribution in [0.3, 0.4) is 0 Å². The molecule has 3 rings (SSSR count). The summed E-state index contributed by atoms with van der Waals surface area (Å²) in [5.74, 6) is -0.870. The van der Waals surface area contributed by atoms with Crippen LogP contribution in [0.2, 0.25) is 5.02 Å². The van der Waals surface area contributed by atoms with Crippen molar-refractivity contribution in [3.63, 3.8) is 0 Å². The maximum Gasteiger partial charge on any atom is 0.305 e. The van der Waals surface area contributed by atoms with E-state index in [0.717, 1.165) is 12.0 Å². The molecule has 1 saturated heterocycles. The van der Waals surface area contributed by atoms with E-state index < -0.39 is 11.5 Å². The van der Waals surface area contributed by atoms with E-state index in [1.165, 1.54) is 0 Å². The van der Waals surface area contributed by atoms with Crippen molar-refractivity contribution in [2.24, 2.45) is 5.92 Å². The number of hydrogen-bond acceptors (Lipinski definition) is 3. The van der Waals surface area contributed by atoms with Crippen LogP contribution in [-0.4, -0.2) is 35.7 Å². The minimum atomic E-state index is -0.894. The molecule has 2 unspecified atom stereocenters. The summed E-state index contributed by atoms with van der Waals surface area (Å²) >= 11 is 6.00. The summed E-state index contributed by atoms with van der Waals surface area (Å²) in [6.07, 6.45) is 1.81. The Kier molecular flexibility index (Phi) is 4.60. The van der Waals surface area contributed by atoms with Gasteiger partial charge in [-0.3, -0.25) is 9.59 Å². The molecule has 0 spiro atoms. The van der Waals surface area contributed by atoms with E-state index in [9.17, 15) is 9.59 Å². The molecule has 124 valence electrons. The minimum absolute atomic E-state index is 0.0573. The van der Waals surface area contributed by atoms with Crippen molar-refractivity contribution < 1.29 is 19.4 Å². The van der Waals surface area contributed by atoms with Gasteiger partial charge < -0.3 is 15.2 Å². The highest BCUT2D eigenvalue weighted by molar-refractivity contribution is 6.30. The summed E-state index contributed by atoms with van der Waals surface area (Å²) in [6.45, 7) is 0.964. The lowest BCUT2D eigenvalue weighted by atomic mass is 9.86. The van der Waals surface area contributed by atoms with Crippen LogP contribution in [0.4, 0.5) is 0 Å². The highest BCUT2D eigenvalue weighted by atomic mass is 35.5. The predicted molar refractivity (Wildman–Crippen MR) is 85.5 cm³/mol. The Morgan fingerprint density at radius 3 is 2.74 bits per heavy atom. The molecule has 1 aliphatic carbocycles. The molecular weight excluding hydrogens is 318 g/mol. The fourth-order valence-corrected chi connectivity index (χ4v) is 3.54. The van der Waals surface area contributed by atoms with Gasteiger partial charge in [0, 0.05) is 24.2 Å². The number of nitrogens with one attached hydrogen (secondary N) is 1. The third-order valence-corrected chi connectivity index (χ3v) is 4.97. The molecule has 0 aromatic heterocycles. The van der Waals surface area contributed by atoms with Crippen molar-refractivity contribution in [3.8, 4) is 0 Å². The van der Waals surface area contributed by atoms with Gasteiger partial charge in [-0.25, -0.2) is 0 Å². The standard InChI is InChI=1S/C17H20ClNO4/c18-12-3-1-2-11(8-12)13-9-14(13)16(22)19-17(10-15(20)21)4-6-23-7-5-17/h1-3,8,13-14H,4-7,9-10H2,(H,19,22)(H,20,21). The van der Waals surface area contributed by atoms with Crippen LogP contribution in [0.1, 0.15) is 37.2 Å². The molecule has 1 amide bonds. The Labute approximate surface area is 140 Å². The number of aliphatic carboxylic acids is 1. The minimum Gasteiger partial charge on any atom is -0.481 e. The average Bonchev–Trinajstić information content (AvgIpc) is 3.27. The van der Waals surface area contributed by atoms with Crippen molar-refractivity contribution >= 4 is 23.5 Å². The second kappa shape index (κ2) is 6.49. The summed E-state index contributed by atoms with van der Waals surface area (Å²) in [5, 5.41) is 12.8. The lowest BCUT2D eigenvalue weighted by Crippen LogP contribution is -2.53. The second-order valence-electron chi connectivity index (χ2n) is 6.46. The molecule has 0 bridgehead atoms. The molecule has 5 nitrogen and oxygen atoms in total. The molecule has 1 aromatic carbocycles. The van der Waals surface area contributed by atoms with E-state index in [2.05, 4.69) is 5.32 Å². The van der Waals surface area contributed by atoms with Gasteiger partial charge in [0.15, 0.2) is 0 Å². The van der Waals surface area contributed by atoms with Gasteiger partial charge in [-0.05, 0) is 42.9 Å². The Bertz CT molecular complexity index is 612. The summed E-state index contributed by atoms with van der Waals surface area (Å²) in [4.78, 5) is 23.7. The van der Waals surface area contributed by atoms with E-state index in [4.69, 9.17) is 21.4 Å². The number of carboxylic acid groups (broad SMARTS) is 1. The van der Waals surface area contributed by atoms with E-state index >= 15 is 0 Å². The maximum atomic E-state index is 12.6. The quantitative estimate of drug-likeness (QED) is 0.866. The first-order valence-electron chi connectivity index (χ1n) is 7.86. The van der Waals surface area contributed by atoms with Gasteiger partial charge in [-0.15, -0.1) is 0 Å². The molecule has 2 atom stereocenters. The maximum absolute atomic E-state index is 12.6. The van der Waals surface area contributed by atoms with Gasteiger partial charge in [-0.2, -0.15) is 0 Å².